The molecule has 0 radical (unpaired) electrons. The molecule has 3 N–H and O–H groups in total. The molecule has 0 saturated carbocycles. The van der Waals surface area contributed by atoms with Crippen LogP contribution in [0.2, 0.25) is 0 Å². The average Bonchev–Trinajstić information content (AvgIpc) is 2.96. The highest BCUT2D eigenvalue weighted by Crippen LogP contribution is 2.36. The molecule has 2 aromatic heterocycles. The van der Waals surface area contributed by atoms with Crippen LogP contribution >= 0.6 is 0 Å². The highest BCUT2D eigenvalue weighted by atomic mass is 16.4. The Morgan fingerprint density at radius 2 is 1.77 bits per heavy atom. The van der Waals surface area contributed by atoms with E-state index < -0.39 is 23.5 Å². The maximum Gasteiger partial charge on any atom is 0.343 e. The zero-order valence-corrected chi connectivity index (χ0v) is 22.3. The van der Waals surface area contributed by atoms with Gasteiger partial charge >= 0.3 is 5.63 Å². The highest BCUT2D eigenvalue weighted by Gasteiger charge is 2.28. The minimum atomic E-state index is -0.742. The molecule has 4 rings (SSSR count). The first kappa shape index (κ1) is 27.6. The summed E-state index contributed by atoms with van der Waals surface area (Å²) in [4.78, 5) is 43.5. The van der Waals surface area contributed by atoms with Crippen LogP contribution in [0.5, 0.6) is 5.75 Å². The van der Waals surface area contributed by atoms with Gasteiger partial charge in [-0.05, 0) is 54.3 Å². The van der Waals surface area contributed by atoms with Gasteiger partial charge in [0.05, 0.1) is 23.2 Å². The molecule has 4 aromatic rings. The lowest BCUT2D eigenvalue weighted by Crippen LogP contribution is -2.50. The molecular formula is C31H33N3O5. The molecule has 3 unspecified atom stereocenters. The summed E-state index contributed by atoms with van der Waals surface area (Å²) in [6.07, 6.45) is 2.84. The fraction of sp³-hybridized carbons (Fsp3) is 0.290. The van der Waals surface area contributed by atoms with Gasteiger partial charge in [-0.15, -0.1) is 0 Å². The lowest BCUT2D eigenvalue weighted by atomic mass is 9.88. The summed E-state index contributed by atoms with van der Waals surface area (Å²) >= 11 is 0. The quantitative estimate of drug-likeness (QED) is 0.252. The maximum absolute atomic E-state index is 13.3. The fourth-order valence-corrected chi connectivity index (χ4v) is 4.68. The number of hydrogen-bond donors (Lipinski definition) is 3. The maximum atomic E-state index is 13.3. The number of aromatic hydroxyl groups is 1. The summed E-state index contributed by atoms with van der Waals surface area (Å²) in [5.41, 5.74) is 1.60. The van der Waals surface area contributed by atoms with Crippen LogP contribution in [0.4, 0.5) is 0 Å². The Morgan fingerprint density at radius 1 is 1.00 bits per heavy atom. The smallest absolute Gasteiger partial charge is 0.343 e. The number of para-hydroxylation sites is 1. The van der Waals surface area contributed by atoms with Crippen molar-refractivity contribution in [1.29, 1.82) is 0 Å². The number of benzene rings is 2. The van der Waals surface area contributed by atoms with E-state index in [9.17, 15) is 19.5 Å². The summed E-state index contributed by atoms with van der Waals surface area (Å²) in [6, 6.07) is 18.4. The van der Waals surface area contributed by atoms with Gasteiger partial charge in [0.1, 0.15) is 17.4 Å². The van der Waals surface area contributed by atoms with E-state index in [1.54, 1.807) is 54.7 Å². The summed E-state index contributed by atoms with van der Waals surface area (Å²) in [5.74, 6) is -1.41. The minimum Gasteiger partial charge on any atom is -0.507 e. The summed E-state index contributed by atoms with van der Waals surface area (Å²) < 4.78 is 5.48. The van der Waals surface area contributed by atoms with Crippen molar-refractivity contribution in [1.82, 2.24) is 15.6 Å². The first-order valence-electron chi connectivity index (χ1n) is 13.2. The zero-order chi connectivity index (χ0) is 27.9. The third-order valence-electron chi connectivity index (χ3n) is 7.08. The molecule has 0 aliphatic carbocycles. The monoisotopic (exact) mass is 527 g/mol. The van der Waals surface area contributed by atoms with E-state index in [1.807, 2.05) is 39.0 Å². The molecule has 0 aliphatic heterocycles. The molecule has 2 heterocycles. The first-order chi connectivity index (χ1) is 18.8. The number of hydrogen-bond acceptors (Lipinski definition) is 6. The summed E-state index contributed by atoms with van der Waals surface area (Å²) in [6.45, 7) is 6.03. The van der Waals surface area contributed by atoms with E-state index >= 15 is 0 Å². The molecule has 0 spiro atoms. The third-order valence-corrected chi connectivity index (χ3v) is 7.08. The van der Waals surface area contributed by atoms with Crippen LogP contribution in [0.3, 0.4) is 0 Å². The molecule has 202 valence electrons. The molecule has 0 aliphatic rings. The second-order valence-electron chi connectivity index (χ2n) is 9.61. The van der Waals surface area contributed by atoms with E-state index in [0.29, 0.717) is 34.9 Å². The standard InChI is InChI=1S/C31H33N3O5/c1-4-19(3)27(30(37)33-18-22-13-8-9-16-32-22)34-29(36)21-12-10-11-20(17-21)23(5-2)26-28(35)24-14-6-7-15-25(24)39-31(26)38/h6-17,19,23,27,35H,4-5,18H2,1-3H3,(H,33,37)(H,34,36). The summed E-state index contributed by atoms with van der Waals surface area (Å²) in [5, 5.41) is 17.2. The molecule has 0 bridgehead atoms. The summed E-state index contributed by atoms with van der Waals surface area (Å²) in [7, 11) is 0. The largest absolute Gasteiger partial charge is 0.507 e. The van der Waals surface area contributed by atoms with Gasteiger partial charge in [-0.2, -0.15) is 0 Å². The number of nitrogens with zero attached hydrogens (tertiary/aromatic N) is 1. The van der Waals surface area contributed by atoms with Crippen LogP contribution in [-0.2, 0) is 11.3 Å². The van der Waals surface area contributed by atoms with Gasteiger partial charge in [0.15, 0.2) is 0 Å². The van der Waals surface area contributed by atoms with Crippen LogP contribution in [0, 0.1) is 5.92 Å². The number of rotatable bonds is 10. The van der Waals surface area contributed by atoms with E-state index in [2.05, 4.69) is 15.6 Å². The van der Waals surface area contributed by atoms with Crippen LogP contribution in [-0.4, -0.2) is 27.9 Å². The number of fused-ring (bicyclic) bond motifs is 1. The molecule has 2 aromatic carbocycles. The van der Waals surface area contributed by atoms with E-state index in [-0.39, 0.29) is 29.7 Å². The van der Waals surface area contributed by atoms with Crippen molar-refractivity contribution in [3.05, 3.63) is 106 Å². The lowest BCUT2D eigenvalue weighted by molar-refractivity contribution is -0.124. The Kier molecular flexibility index (Phi) is 8.76. The van der Waals surface area contributed by atoms with Gasteiger partial charge in [-0.1, -0.05) is 57.5 Å². The fourth-order valence-electron chi connectivity index (χ4n) is 4.68. The number of carbonyl (C=O) groups is 2. The van der Waals surface area contributed by atoms with Crippen molar-refractivity contribution >= 4 is 22.8 Å². The molecule has 3 atom stereocenters. The number of aromatic nitrogens is 1. The molecule has 8 heteroatoms. The van der Waals surface area contributed by atoms with Gasteiger partial charge in [-0.25, -0.2) is 4.79 Å². The Labute approximate surface area is 227 Å². The van der Waals surface area contributed by atoms with Gasteiger partial charge in [-0.3, -0.25) is 14.6 Å². The third kappa shape index (κ3) is 6.17. The second kappa shape index (κ2) is 12.4. The Hall–Kier alpha value is -4.46. The van der Waals surface area contributed by atoms with E-state index in [0.717, 1.165) is 5.69 Å². The Balaban J connectivity index is 1.58. The Bertz CT molecular complexity index is 1520. The Morgan fingerprint density at radius 3 is 2.49 bits per heavy atom. The molecular weight excluding hydrogens is 494 g/mol. The number of carbonyl (C=O) groups excluding carboxylic acids is 2. The van der Waals surface area contributed by atoms with E-state index in [4.69, 9.17) is 4.42 Å². The van der Waals surface area contributed by atoms with Gasteiger partial charge in [0.25, 0.3) is 5.91 Å². The number of amides is 2. The zero-order valence-electron chi connectivity index (χ0n) is 22.3. The van der Waals surface area contributed by atoms with E-state index in [1.165, 1.54) is 0 Å². The van der Waals surface area contributed by atoms with Crippen LogP contribution in [0.1, 0.15) is 66.7 Å². The normalized spacial score (nSPS) is 13.4. The SMILES string of the molecule is CCC(c1cccc(C(=O)NC(C(=O)NCc2ccccn2)C(C)CC)c1)c1c(O)c2ccccc2oc1=O. The topological polar surface area (TPSA) is 122 Å². The van der Waals surface area contributed by atoms with Crippen molar-refractivity contribution in [2.45, 2.75) is 52.1 Å². The minimum absolute atomic E-state index is 0.108. The predicted octanol–water partition coefficient (Wildman–Crippen LogP) is 4.90. The second-order valence-corrected chi connectivity index (χ2v) is 9.61. The molecule has 0 saturated heterocycles. The van der Waals surface area contributed by atoms with Crippen molar-refractivity contribution in [2.24, 2.45) is 5.92 Å². The highest BCUT2D eigenvalue weighted by molar-refractivity contribution is 5.97. The van der Waals surface area contributed by atoms with Crippen molar-refractivity contribution in [3.8, 4) is 5.75 Å². The van der Waals surface area contributed by atoms with Crippen molar-refractivity contribution in [2.75, 3.05) is 0 Å². The molecule has 8 nitrogen and oxygen atoms in total. The molecule has 0 fully saturated rings. The predicted molar refractivity (Wildman–Crippen MR) is 150 cm³/mol. The van der Waals surface area contributed by atoms with Crippen LogP contribution in [0.15, 0.2) is 82.1 Å². The van der Waals surface area contributed by atoms with Gasteiger partial charge in [0.2, 0.25) is 5.91 Å². The average molecular weight is 528 g/mol. The molecule has 39 heavy (non-hydrogen) atoms. The van der Waals surface area contributed by atoms with Gasteiger partial charge in [0, 0.05) is 17.7 Å². The number of nitrogens with one attached hydrogen (secondary N) is 2. The van der Waals surface area contributed by atoms with Gasteiger partial charge < -0.3 is 20.2 Å². The van der Waals surface area contributed by atoms with Crippen molar-refractivity contribution < 1.29 is 19.1 Å². The first-order valence-corrected chi connectivity index (χ1v) is 13.2. The van der Waals surface area contributed by atoms with Crippen molar-refractivity contribution in [3.63, 3.8) is 0 Å². The number of pyridine rings is 1. The van der Waals surface area contributed by atoms with Crippen LogP contribution < -0.4 is 16.3 Å². The lowest BCUT2D eigenvalue weighted by Gasteiger charge is -2.24. The molecule has 2 amide bonds. The van der Waals surface area contributed by atoms with Crippen LogP contribution in [0.25, 0.3) is 11.0 Å².